The van der Waals surface area contributed by atoms with Crippen LogP contribution in [0.1, 0.15) is 52.7 Å². The lowest BCUT2D eigenvalue weighted by molar-refractivity contribution is 0.402. The van der Waals surface area contributed by atoms with E-state index >= 15 is 0 Å². The molecular weight excluding hydrogens is 276 g/mol. The molecule has 0 aliphatic carbocycles. The van der Waals surface area contributed by atoms with Gasteiger partial charge in [-0.05, 0) is 53.7 Å². The van der Waals surface area contributed by atoms with Crippen LogP contribution in [0, 0.1) is 0 Å². The molecule has 122 valence electrons. The number of methoxy groups -OCH3 is 2. The number of aliphatic imine (C=N–C) groups is 2. The second kappa shape index (κ2) is 6.95. The maximum absolute atomic E-state index is 5.47. The summed E-state index contributed by atoms with van der Waals surface area (Å²) in [6, 6.07) is 3.86. The van der Waals surface area contributed by atoms with Gasteiger partial charge in [-0.25, -0.2) is 0 Å². The highest BCUT2D eigenvalue weighted by Crippen LogP contribution is 2.27. The zero-order chi connectivity index (χ0) is 17.0. The summed E-state index contributed by atoms with van der Waals surface area (Å²) in [6.45, 7) is 12.3. The van der Waals surface area contributed by atoms with E-state index in [4.69, 9.17) is 9.47 Å². The molecule has 4 heteroatoms. The summed E-state index contributed by atoms with van der Waals surface area (Å²) in [5.74, 6) is 1.51. The van der Waals surface area contributed by atoms with Crippen molar-refractivity contribution in [1.82, 2.24) is 0 Å². The molecule has 0 saturated carbocycles. The van der Waals surface area contributed by atoms with Gasteiger partial charge in [0.05, 0.1) is 25.3 Å². The summed E-state index contributed by atoms with van der Waals surface area (Å²) in [4.78, 5) is 9.06. The van der Waals surface area contributed by atoms with Gasteiger partial charge in [0, 0.05) is 23.6 Å². The third-order valence-corrected chi connectivity index (χ3v) is 2.76. The predicted octanol–water partition coefficient (Wildman–Crippen LogP) is 4.14. The van der Waals surface area contributed by atoms with Crippen molar-refractivity contribution in [2.24, 2.45) is 9.98 Å². The van der Waals surface area contributed by atoms with Gasteiger partial charge in [-0.2, -0.15) is 0 Å². The Kier molecular flexibility index (Phi) is 5.75. The highest BCUT2D eigenvalue weighted by Gasteiger charge is 2.12. The van der Waals surface area contributed by atoms with Crippen LogP contribution in [0.3, 0.4) is 0 Å². The van der Waals surface area contributed by atoms with Gasteiger partial charge in [0.1, 0.15) is 11.5 Å². The second-order valence-corrected chi connectivity index (χ2v) is 7.19. The van der Waals surface area contributed by atoms with Crippen molar-refractivity contribution in [2.75, 3.05) is 14.2 Å². The average Bonchev–Trinajstić information content (AvgIpc) is 2.40. The highest BCUT2D eigenvalue weighted by atomic mass is 16.5. The van der Waals surface area contributed by atoms with Crippen LogP contribution in [0.2, 0.25) is 0 Å². The molecule has 0 fully saturated rings. The fourth-order valence-electron chi connectivity index (χ4n) is 1.67. The molecule has 22 heavy (non-hydrogen) atoms. The zero-order valence-electron chi connectivity index (χ0n) is 15.0. The van der Waals surface area contributed by atoms with Gasteiger partial charge in [0.15, 0.2) is 0 Å². The van der Waals surface area contributed by atoms with Crippen LogP contribution in [0.15, 0.2) is 22.1 Å². The molecule has 0 bridgehead atoms. The minimum Gasteiger partial charge on any atom is -0.496 e. The van der Waals surface area contributed by atoms with Gasteiger partial charge in [-0.3, -0.25) is 9.98 Å². The van der Waals surface area contributed by atoms with E-state index in [9.17, 15) is 0 Å². The molecule has 0 radical (unpaired) electrons. The first kappa shape index (κ1) is 18.2. The number of hydrogen-bond donors (Lipinski definition) is 0. The van der Waals surface area contributed by atoms with E-state index < -0.39 is 0 Å². The van der Waals surface area contributed by atoms with Crippen molar-refractivity contribution in [1.29, 1.82) is 0 Å². The number of benzene rings is 1. The van der Waals surface area contributed by atoms with E-state index in [0.29, 0.717) is 0 Å². The lowest BCUT2D eigenvalue weighted by Crippen LogP contribution is -2.11. The molecule has 0 aliphatic heterocycles. The normalized spacial score (nSPS) is 13.1. The van der Waals surface area contributed by atoms with Crippen molar-refractivity contribution < 1.29 is 9.47 Å². The lowest BCUT2D eigenvalue weighted by atomic mass is 10.1. The monoisotopic (exact) mass is 304 g/mol. The number of ether oxygens (including phenoxy) is 2. The van der Waals surface area contributed by atoms with Crippen LogP contribution in [-0.2, 0) is 0 Å². The van der Waals surface area contributed by atoms with E-state index in [0.717, 1.165) is 22.6 Å². The molecule has 0 N–H and O–H groups in total. The highest BCUT2D eigenvalue weighted by molar-refractivity contribution is 5.90. The molecule has 0 spiro atoms. The first-order valence-electron chi connectivity index (χ1n) is 7.42. The Morgan fingerprint density at radius 1 is 0.727 bits per heavy atom. The van der Waals surface area contributed by atoms with Gasteiger partial charge < -0.3 is 9.47 Å². The van der Waals surface area contributed by atoms with E-state index in [1.165, 1.54) is 0 Å². The minimum absolute atomic E-state index is 0.134. The van der Waals surface area contributed by atoms with Crippen LogP contribution in [0.5, 0.6) is 11.5 Å². The van der Waals surface area contributed by atoms with E-state index in [1.807, 2.05) is 24.6 Å². The van der Waals surface area contributed by atoms with Crippen molar-refractivity contribution in [2.45, 2.75) is 52.6 Å². The van der Waals surface area contributed by atoms with E-state index in [-0.39, 0.29) is 11.1 Å². The first-order valence-corrected chi connectivity index (χ1v) is 7.42. The van der Waals surface area contributed by atoms with Crippen molar-refractivity contribution in [3.63, 3.8) is 0 Å². The Bertz CT molecular complexity index is 510. The SMILES string of the molecule is COc1cc(C=NC(C)(C)C)c(OC)cc1C=NC(C)(C)C. The van der Waals surface area contributed by atoms with Gasteiger partial charge in [0.25, 0.3) is 0 Å². The zero-order valence-corrected chi connectivity index (χ0v) is 15.0. The minimum atomic E-state index is -0.134. The van der Waals surface area contributed by atoms with Crippen molar-refractivity contribution in [3.8, 4) is 11.5 Å². The standard InChI is InChI=1S/C18H28N2O2/c1-17(2,3)19-11-13-9-16(22-8)14(10-15(13)21-7)12-20-18(4,5)6/h9-12H,1-8H3. The molecule has 1 rings (SSSR count). The molecule has 0 heterocycles. The fourth-order valence-corrected chi connectivity index (χ4v) is 1.67. The van der Waals surface area contributed by atoms with Gasteiger partial charge in [-0.1, -0.05) is 0 Å². The van der Waals surface area contributed by atoms with Crippen LogP contribution in [-0.4, -0.2) is 37.7 Å². The number of hydrogen-bond acceptors (Lipinski definition) is 4. The summed E-state index contributed by atoms with van der Waals surface area (Å²) >= 11 is 0. The predicted molar refractivity (Wildman–Crippen MR) is 94.2 cm³/mol. The Hall–Kier alpha value is -1.84. The van der Waals surface area contributed by atoms with Gasteiger partial charge >= 0.3 is 0 Å². The molecular formula is C18H28N2O2. The van der Waals surface area contributed by atoms with Crippen LogP contribution in [0.4, 0.5) is 0 Å². The Balaban J connectivity index is 3.29. The molecule has 0 atom stereocenters. The average molecular weight is 304 g/mol. The Labute approximate surface area is 134 Å². The van der Waals surface area contributed by atoms with E-state index in [2.05, 4.69) is 51.5 Å². The maximum atomic E-state index is 5.47. The molecule has 0 unspecified atom stereocenters. The summed E-state index contributed by atoms with van der Waals surface area (Å²) < 4.78 is 10.9. The molecule has 1 aromatic rings. The largest absolute Gasteiger partial charge is 0.496 e. The summed E-state index contributed by atoms with van der Waals surface area (Å²) in [6.07, 6.45) is 3.65. The fraction of sp³-hybridized carbons (Fsp3) is 0.556. The summed E-state index contributed by atoms with van der Waals surface area (Å²) in [7, 11) is 3.31. The Morgan fingerprint density at radius 3 is 1.27 bits per heavy atom. The number of nitrogens with zero attached hydrogens (tertiary/aromatic N) is 2. The smallest absolute Gasteiger partial charge is 0.128 e. The molecule has 1 aromatic carbocycles. The van der Waals surface area contributed by atoms with Gasteiger partial charge in [-0.15, -0.1) is 0 Å². The first-order chi connectivity index (χ1) is 10.1. The van der Waals surface area contributed by atoms with Crippen molar-refractivity contribution in [3.05, 3.63) is 23.3 Å². The van der Waals surface area contributed by atoms with Crippen LogP contribution in [0.25, 0.3) is 0 Å². The van der Waals surface area contributed by atoms with Crippen LogP contribution >= 0.6 is 0 Å². The van der Waals surface area contributed by atoms with Crippen molar-refractivity contribution >= 4 is 12.4 Å². The molecule has 0 aliphatic rings. The molecule has 0 aromatic heterocycles. The molecule has 0 saturated heterocycles. The third-order valence-electron chi connectivity index (χ3n) is 2.76. The number of rotatable bonds is 4. The second-order valence-electron chi connectivity index (χ2n) is 7.19. The quantitative estimate of drug-likeness (QED) is 0.785. The topological polar surface area (TPSA) is 43.2 Å². The Morgan fingerprint density at radius 2 is 1.05 bits per heavy atom. The lowest BCUT2D eigenvalue weighted by Gasteiger charge is -2.15. The third kappa shape index (κ3) is 5.88. The van der Waals surface area contributed by atoms with E-state index in [1.54, 1.807) is 14.2 Å². The van der Waals surface area contributed by atoms with Crippen LogP contribution < -0.4 is 9.47 Å². The molecule has 4 nitrogen and oxygen atoms in total. The summed E-state index contributed by atoms with van der Waals surface area (Å²) in [5.41, 5.74) is 1.51. The maximum Gasteiger partial charge on any atom is 0.128 e. The molecule has 0 amide bonds. The van der Waals surface area contributed by atoms with Gasteiger partial charge in [0.2, 0.25) is 0 Å². The summed E-state index contributed by atoms with van der Waals surface area (Å²) in [5, 5.41) is 0.